The van der Waals surface area contributed by atoms with E-state index in [1.165, 1.54) is 4.88 Å². The summed E-state index contributed by atoms with van der Waals surface area (Å²) in [6.45, 7) is 7.62. The molecule has 0 aliphatic heterocycles. The molecule has 1 aromatic rings. The number of nitrogens with one attached hydrogen (secondary N) is 1. The Labute approximate surface area is 114 Å². The summed E-state index contributed by atoms with van der Waals surface area (Å²) in [6, 6.07) is 2.05. The minimum atomic E-state index is 0.604. The molecule has 2 nitrogen and oxygen atoms in total. The Bertz CT molecular complexity index is 297. The largest absolute Gasteiger partial charge is 0.380 e. The Hall–Kier alpha value is 0.390. The molecule has 0 fully saturated rings. The van der Waals surface area contributed by atoms with E-state index in [1.54, 1.807) is 11.3 Å². The molecular weight excluding hydrogens is 310 g/mol. The molecular formula is C11H17BrClNOS. The predicted octanol–water partition coefficient (Wildman–Crippen LogP) is 3.93. The van der Waals surface area contributed by atoms with Crippen LogP contribution in [0.25, 0.3) is 0 Å². The second-order valence-electron chi connectivity index (χ2n) is 3.98. The van der Waals surface area contributed by atoms with E-state index < -0.39 is 0 Å². The number of rotatable bonds is 7. The first-order chi connectivity index (χ1) is 7.59. The van der Waals surface area contributed by atoms with E-state index >= 15 is 0 Å². The summed E-state index contributed by atoms with van der Waals surface area (Å²) in [5.74, 6) is 0.604. The molecule has 0 aliphatic rings. The molecule has 0 unspecified atom stereocenters. The van der Waals surface area contributed by atoms with Crippen LogP contribution >= 0.6 is 38.9 Å². The van der Waals surface area contributed by atoms with Gasteiger partial charge in [-0.15, -0.1) is 11.3 Å². The van der Waals surface area contributed by atoms with E-state index in [1.807, 2.05) is 0 Å². The van der Waals surface area contributed by atoms with Crippen molar-refractivity contribution in [2.45, 2.75) is 20.4 Å². The van der Waals surface area contributed by atoms with E-state index in [0.717, 1.165) is 35.1 Å². The van der Waals surface area contributed by atoms with Crippen molar-refractivity contribution in [3.05, 3.63) is 19.8 Å². The summed E-state index contributed by atoms with van der Waals surface area (Å²) in [5, 5.41) is 3.32. The monoisotopic (exact) mass is 325 g/mol. The van der Waals surface area contributed by atoms with Crippen molar-refractivity contribution in [3.63, 3.8) is 0 Å². The molecule has 1 heterocycles. The third-order valence-corrected chi connectivity index (χ3v) is 4.34. The van der Waals surface area contributed by atoms with Gasteiger partial charge in [0.05, 0.1) is 6.61 Å². The number of ether oxygens (including phenoxy) is 1. The van der Waals surface area contributed by atoms with Crippen LogP contribution in [0.15, 0.2) is 10.5 Å². The topological polar surface area (TPSA) is 21.3 Å². The van der Waals surface area contributed by atoms with Crippen molar-refractivity contribution in [2.75, 3.05) is 19.8 Å². The maximum Gasteiger partial charge on any atom is 0.107 e. The number of thiophene rings is 1. The summed E-state index contributed by atoms with van der Waals surface area (Å²) in [5.41, 5.74) is 0. The third-order valence-electron chi connectivity index (χ3n) is 1.87. The van der Waals surface area contributed by atoms with Crippen LogP contribution in [0.2, 0.25) is 4.34 Å². The summed E-state index contributed by atoms with van der Waals surface area (Å²) in [7, 11) is 0. The van der Waals surface area contributed by atoms with E-state index in [9.17, 15) is 0 Å². The second kappa shape index (κ2) is 7.67. The van der Waals surface area contributed by atoms with Crippen molar-refractivity contribution in [1.82, 2.24) is 5.32 Å². The highest BCUT2D eigenvalue weighted by molar-refractivity contribution is 9.10. The predicted molar refractivity (Wildman–Crippen MR) is 74.4 cm³/mol. The number of hydrogen-bond acceptors (Lipinski definition) is 3. The lowest BCUT2D eigenvalue weighted by Crippen LogP contribution is -2.19. The molecule has 0 radical (unpaired) electrons. The van der Waals surface area contributed by atoms with E-state index in [-0.39, 0.29) is 0 Å². The van der Waals surface area contributed by atoms with Crippen LogP contribution in [0.3, 0.4) is 0 Å². The van der Waals surface area contributed by atoms with Gasteiger partial charge in [0, 0.05) is 29.0 Å². The molecule has 1 aromatic heterocycles. The fourth-order valence-electron chi connectivity index (χ4n) is 1.15. The molecule has 1 rings (SSSR count). The highest BCUT2D eigenvalue weighted by Gasteiger charge is 2.03. The van der Waals surface area contributed by atoms with Gasteiger partial charge in [-0.3, -0.25) is 0 Å². The van der Waals surface area contributed by atoms with Gasteiger partial charge in [0.1, 0.15) is 4.34 Å². The first-order valence-electron chi connectivity index (χ1n) is 5.31. The highest BCUT2D eigenvalue weighted by atomic mass is 79.9. The Kier molecular flexibility index (Phi) is 6.92. The van der Waals surface area contributed by atoms with Gasteiger partial charge < -0.3 is 10.1 Å². The van der Waals surface area contributed by atoms with Crippen LogP contribution in [0.1, 0.15) is 18.7 Å². The molecule has 16 heavy (non-hydrogen) atoms. The molecule has 0 bridgehead atoms. The fourth-order valence-corrected chi connectivity index (χ4v) is 2.91. The minimum absolute atomic E-state index is 0.604. The smallest absolute Gasteiger partial charge is 0.107 e. The van der Waals surface area contributed by atoms with Crippen LogP contribution < -0.4 is 5.32 Å². The first-order valence-corrected chi connectivity index (χ1v) is 7.30. The van der Waals surface area contributed by atoms with Crippen LogP contribution in [-0.4, -0.2) is 19.8 Å². The second-order valence-corrected chi connectivity index (χ2v) is 6.57. The van der Waals surface area contributed by atoms with Gasteiger partial charge in [0.25, 0.3) is 0 Å². The Morgan fingerprint density at radius 1 is 1.56 bits per heavy atom. The zero-order chi connectivity index (χ0) is 12.0. The van der Waals surface area contributed by atoms with Crippen LogP contribution in [0.5, 0.6) is 0 Å². The average molecular weight is 327 g/mol. The summed E-state index contributed by atoms with van der Waals surface area (Å²) >= 11 is 10.9. The first kappa shape index (κ1) is 14.5. The average Bonchev–Trinajstić information content (AvgIpc) is 2.52. The standard InChI is InChI=1S/C11H17BrClNOS/c1-8(2)7-15-4-3-14-6-9-5-10(12)11(13)16-9/h5,8,14H,3-4,6-7H2,1-2H3. The zero-order valence-electron chi connectivity index (χ0n) is 9.56. The maximum absolute atomic E-state index is 5.95. The van der Waals surface area contributed by atoms with Crippen LogP contribution in [-0.2, 0) is 11.3 Å². The Morgan fingerprint density at radius 3 is 2.88 bits per heavy atom. The lowest BCUT2D eigenvalue weighted by atomic mass is 10.2. The molecule has 0 spiro atoms. The van der Waals surface area contributed by atoms with Crippen molar-refractivity contribution < 1.29 is 4.74 Å². The van der Waals surface area contributed by atoms with Crippen molar-refractivity contribution in [3.8, 4) is 0 Å². The summed E-state index contributed by atoms with van der Waals surface area (Å²) in [6.07, 6.45) is 0. The zero-order valence-corrected chi connectivity index (χ0v) is 12.7. The molecule has 92 valence electrons. The third kappa shape index (κ3) is 5.64. The van der Waals surface area contributed by atoms with Gasteiger partial charge >= 0.3 is 0 Å². The van der Waals surface area contributed by atoms with E-state index in [2.05, 4.69) is 41.2 Å². The molecule has 0 aliphatic carbocycles. The molecule has 0 saturated carbocycles. The van der Waals surface area contributed by atoms with Gasteiger partial charge in [-0.1, -0.05) is 25.4 Å². The van der Waals surface area contributed by atoms with Crippen molar-refractivity contribution in [1.29, 1.82) is 0 Å². The van der Waals surface area contributed by atoms with Crippen molar-refractivity contribution >= 4 is 38.9 Å². The fraction of sp³-hybridized carbons (Fsp3) is 0.636. The minimum Gasteiger partial charge on any atom is -0.380 e. The molecule has 0 aromatic carbocycles. The molecule has 1 N–H and O–H groups in total. The lowest BCUT2D eigenvalue weighted by molar-refractivity contribution is 0.111. The van der Waals surface area contributed by atoms with E-state index in [4.69, 9.17) is 16.3 Å². The molecule has 0 saturated heterocycles. The Morgan fingerprint density at radius 2 is 2.31 bits per heavy atom. The van der Waals surface area contributed by atoms with Gasteiger partial charge in [-0.25, -0.2) is 0 Å². The molecule has 5 heteroatoms. The molecule has 0 amide bonds. The van der Waals surface area contributed by atoms with E-state index in [0.29, 0.717) is 5.92 Å². The number of hydrogen-bond donors (Lipinski definition) is 1. The Balaban J connectivity index is 2.07. The summed E-state index contributed by atoms with van der Waals surface area (Å²) in [4.78, 5) is 1.24. The lowest BCUT2D eigenvalue weighted by Gasteiger charge is -2.07. The van der Waals surface area contributed by atoms with Gasteiger partial charge in [0.2, 0.25) is 0 Å². The normalized spacial score (nSPS) is 11.3. The van der Waals surface area contributed by atoms with Gasteiger partial charge in [-0.05, 0) is 27.9 Å². The summed E-state index contributed by atoms with van der Waals surface area (Å²) < 4.78 is 7.26. The van der Waals surface area contributed by atoms with Crippen molar-refractivity contribution in [2.24, 2.45) is 5.92 Å². The van der Waals surface area contributed by atoms with Crippen LogP contribution in [0.4, 0.5) is 0 Å². The number of halogens is 2. The quantitative estimate of drug-likeness (QED) is 0.767. The van der Waals surface area contributed by atoms with Gasteiger partial charge in [0.15, 0.2) is 0 Å². The van der Waals surface area contributed by atoms with Crippen LogP contribution in [0, 0.1) is 5.92 Å². The molecule has 0 atom stereocenters. The van der Waals surface area contributed by atoms with Gasteiger partial charge in [-0.2, -0.15) is 0 Å². The maximum atomic E-state index is 5.95. The SMILES string of the molecule is CC(C)COCCNCc1cc(Br)c(Cl)s1. The highest BCUT2D eigenvalue weighted by Crippen LogP contribution is 2.31.